The first kappa shape index (κ1) is 18.1. The Labute approximate surface area is 143 Å². The Morgan fingerprint density at radius 3 is 2.68 bits per heavy atom. The molecule has 0 bridgehead atoms. The molecule has 0 aliphatic heterocycles. The second-order valence-electron chi connectivity index (χ2n) is 5.29. The summed E-state index contributed by atoms with van der Waals surface area (Å²) >= 11 is 0. The number of nitrogens with one attached hydrogen (secondary N) is 1. The predicted octanol–water partition coefficient (Wildman–Crippen LogP) is 0.788. The van der Waals surface area contributed by atoms with Crippen LogP contribution in [0, 0.1) is 0 Å². The molecule has 0 aliphatic carbocycles. The maximum Gasteiger partial charge on any atom is 0.326 e. The number of rotatable bonds is 7. The zero-order chi connectivity index (χ0) is 18.4. The number of carboxylic acid groups (broad SMARTS) is 1. The Morgan fingerprint density at radius 1 is 1.32 bits per heavy atom. The van der Waals surface area contributed by atoms with Crippen molar-refractivity contribution in [2.24, 2.45) is 0 Å². The Bertz CT molecular complexity index is 759. The molecule has 132 valence electrons. The van der Waals surface area contributed by atoms with Crippen LogP contribution in [0.2, 0.25) is 0 Å². The van der Waals surface area contributed by atoms with E-state index in [9.17, 15) is 19.5 Å². The summed E-state index contributed by atoms with van der Waals surface area (Å²) in [4.78, 5) is 40.0. The van der Waals surface area contributed by atoms with Crippen molar-refractivity contribution in [1.82, 2.24) is 20.4 Å². The van der Waals surface area contributed by atoms with Gasteiger partial charge in [0, 0.05) is 32.3 Å². The monoisotopic (exact) mass is 346 g/mol. The Hall–Kier alpha value is -3.23. The van der Waals surface area contributed by atoms with Crippen molar-refractivity contribution in [3.05, 3.63) is 36.2 Å². The summed E-state index contributed by atoms with van der Waals surface area (Å²) in [6.45, 7) is 2.86. The third-order valence-corrected chi connectivity index (χ3v) is 3.46. The van der Waals surface area contributed by atoms with Crippen LogP contribution < -0.4 is 5.32 Å². The Morgan fingerprint density at radius 2 is 2.08 bits per heavy atom. The molecule has 1 unspecified atom stereocenters. The van der Waals surface area contributed by atoms with Gasteiger partial charge in [-0.05, 0) is 19.1 Å². The van der Waals surface area contributed by atoms with Crippen LogP contribution in [0.4, 0.5) is 0 Å². The quantitative estimate of drug-likeness (QED) is 0.759. The standard InChI is InChI=1S/C16H18N4O5/c1-10(16(23)24)20(8-7-17-11(2)21)15(22)14-9-13(19-25-14)12-5-3-4-6-18-12/h3-6,9-10H,7-8H2,1-2H3,(H,17,21)(H,23,24). The van der Waals surface area contributed by atoms with Crippen LogP contribution in [-0.2, 0) is 9.59 Å². The normalized spacial score (nSPS) is 11.6. The van der Waals surface area contributed by atoms with Crippen molar-refractivity contribution < 1.29 is 24.0 Å². The number of carbonyl (C=O) groups is 3. The average Bonchev–Trinajstić information content (AvgIpc) is 3.08. The van der Waals surface area contributed by atoms with Crippen molar-refractivity contribution in [3.8, 4) is 11.4 Å². The molecule has 0 saturated heterocycles. The van der Waals surface area contributed by atoms with Crippen LogP contribution in [0.5, 0.6) is 0 Å². The topological polar surface area (TPSA) is 126 Å². The van der Waals surface area contributed by atoms with Crippen LogP contribution >= 0.6 is 0 Å². The van der Waals surface area contributed by atoms with Crippen molar-refractivity contribution in [2.45, 2.75) is 19.9 Å². The van der Waals surface area contributed by atoms with Gasteiger partial charge in [0.15, 0.2) is 0 Å². The van der Waals surface area contributed by atoms with Crippen molar-refractivity contribution in [1.29, 1.82) is 0 Å². The zero-order valence-corrected chi connectivity index (χ0v) is 13.8. The van der Waals surface area contributed by atoms with Crippen molar-refractivity contribution in [2.75, 3.05) is 13.1 Å². The maximum absolute atomic E-state index is 12.6. The fraction of sp³-hybridized carbons (Fsp3) is 0.312. The van der Waals surface area contributed by atoms with E-state index in [0.717, 1.165) is 4.90 Å². The molecule has 9 nitrogen and oxygen atoms in total. The molecule has 2 rings (SSSR count). The second kappa shape index (κ2) is 8.04. The first-order valence-corrected chi connectivity index (χ1v) is 7.56. The van der Waals surface area contributed by atoms with Gasteiger partial charge in [0.25, 0.3) is 5.91 Å². The molecule has 0 aromatic carbocycles. The summed E-state index contributed by atoms with van der Waals surface area (Å²) in [6.07, 6.45) is 1.58. The number of nitrogens with zero attached hydrogens (tertiary/aromatic N) is 3. The van der Waals surface area contributed by atoms with Crippen LogP contribution in [0.25, 0.3) is 11.4 Å². The van der Waals surface area contributed by atoms with E-state index in [-0.39, 0.29) is 24.8 Å². The summed E-state index contributed by atoms with van der Waals surface area (Å²) < 4.78 is 5.06. The molecule has 2 heterocycles. The van der Waals surface area contributed by atoms with E-state index in [1.165, 1.54) is 19.9 Å². The van der Waals surface area contributed by atoms with E-state index in [2.05, 4.69) is 15.5 Å². The number of aromatic nitrogens is 2. The van der Waals surface area contributed by atoms with Crippen LogP contribution in [-0.4, -0.2) is 57.1 Å². The number of carbonyl (C=O) groups excluding carboxylic acids is 2. The Kier molecular flexibility index (Phi) is 5.83. The number of amides is 2. The highest BCUT2D eigenvalue weighted by Crippen LogP contribution is 2.18. The third-order valence-electron chi connectivity index (χ3n) is 3.46. The zero-order valence-electron chi connectivity index (χ0n) is 13.8. The lowest BCUT2D eigenvalue weighted by atomic mass is 10.2. The molecule has 0 spiro atoms. The van der Waals surface area contributed by atoms with Gasteiger partial charge >= 0.3 is 5.97 Å². The van der Waals surface area contributed by atoms with Crippen molar-refractivity contribution in [3.63, 3.8) is 0 Å². The molecule has 0 radical (unpaired) electrons. The molecule has 0 aliphatic rings. The van der Waals surface area contributed by atoms with Gasteiger partial charge < -0.3 is 19.8 Å². The third kappa shape index (κ3) is 4.63. The van der Waals surface area contributed by atoms with Gasteiger partial charge in [0.2, 0.25) is 11.7 Å². The van der Waals surface area contributed by atoms with Gasteiger partial charge in [-0.2, -0.15) is 0 Å². The van der Waals surface area contributed by atoms with Crippen molar-refractivity contribution >= 4 is 17.8 Å². The van der Waals surface area contributed by atoms with Crippen LogP contribution in [0.1, 0.15) is 24.4 Å². The summed E-state index contributed by atoms with van der Waals surface area (Å²) in [5, 5.41) is 15.5. The molecule has 1 atom stereocenters. The predicted molar refractivity (Wildman–Crippen MR) is 86.6 cm³/mol. The molecule has 9 heteroatoms. The minimum Gasteiger partial charge on any atom is -0.480 e. The fourth-order valence-corrected chi connectivity index (χ4v) is 2.11. The molecule has 25 heavy (non-hydrogen) atoms. The highest BCUT2D eigenvalue weighted by Gasteiger charge is 2.29. The van der Waals surface area contributed by atoms with E-state index < -0.39 is 17.9 Å². The fourth-order valence-electron chi connectivity index (χ4n) is 2.11. The van der Waals surface area contributed by atoms with Gasteiger partial charge in [-0.25, -0.2) is 4.79 Å². The molecule has 2 aromatic rings. The molecule has 2 amide bonds. The van der Waals surface area contributed by atoms with E-state index in [0.29, 0.717) is 11.4 Å². The van der Waals surface area contributed by atoms with Gasteiger partial charge in [-0.15, -0.1) is 0 Å². The number of pyridine rings is 1. The highest BCUT2D eigenvalue weighted by molar-refractivity contribution is 5.95. The minimum atomic E-state index is -1.17. The van der Waals surface area contributed by atoms with Gasteiger partial charge in [0.05, 0.1) is 5.69 Å². The maximum atomic E-state index is 12.6. The number of carboxylic acids is 1. The minimum absolute atomic E-state index is 0.0193. The Balaban J connectivity index is 2.19. The van der Waals surface area contributed by atoms with Crippen LogP contribution in [0.3, 0.4) is 0 Å². The smallest absolute Gasteiger partial charge is 0.326 e. The first-order valence-electron chi connectivity index (χ1n) is 7.56. The largest absolute Gasteiger partial charge is 0.480 e. The number of hydrogen-bond donors (Lipinski definition) is 2. The molecular formula is C16H18N4O5. The average molecular weight is 346 g/mol. The molecular weight excluding hydrogens is 328 g/mol. The molecule has 2 N–H and O–H groups in total. The highest BCUT2D eigenvalue weighted by atomic mass is 16.5. The van der Waals surface area contributed by atoms with Gasteiger partial charge in [-0.3, -0.25) is 14.6 Å². The van der Waals surface area contributed by atoms with Gasteiger partial charge in [0.1, 0.15) is 11.7 Å². The van der Waals surface area contributed by atoms with Gasteiger partial charge in [-0.1, -0.05) is 11.2 Å². The van der Waals surface area contributed by atoms with E-state index in [1.54, 1.807) is 24.4 Å². The molecule has 0 fully saturated rings. The SMILES string of the molecule is CC(=O)NCCN(C(=O)c1cc(-c2ccccn2)no1)C(C)C(=O)O. The number of hydrogen-bond acceptors (Lipinski definition) is 6. The molecule has 2 aromatic heterocycles. The lowest BCUT2D eigenvalue weighted by molar-refractivity contribution is -0.141. The second-order valence-corrected chi connectivity index (χ2v) is 5.29. The summed E-state index contributed by atoms with van der Waals surface area (Å²) in [6, 6.07) is 5.54. The van der Waals surface area contributed by atoms with E-state index in [1.807, 2.05) is 0 Å². The summed E-state index contributed by atoms with van der Waals surface area (Å²) in [7, 11) is 0. The first-order chi connectivity index (χ1) is 11.9. The molecule has 0 saturated carbocycles. The number of aliphatic carboxylic acids is 1. The lowest BCUT2D eigenvalue weighted by Crippen LogP contribution is -2.46. The van der Waals surface area contributed by atoms with E-state index >= 15 is 0 Å². The lowest BCUT2D eigenvalue weighted by Gasteiger charge is -2.25. The van der Waals surface area contributed by atoms with E-state index in [4.69, 9.17) is 4.52 Å². The van der Waals surface area contributed by atoms with Crippen LogP contribution in [0.15, 0.2) is 35.0 Å². The summed E-state index contributed by atoms with van der Waals surface area (Å²) in [5.74, 6) is -2.17. The summed E-state index contributed by atoms with van der Waals surface area (Å²) in [5.41, 5.74) is 0.898.